The highest BCUT2D eigenvalue weighted by Crippen LogP contribution is 2.30. The highest BCUT2D eigenvalue weighted by Gasteiger charge is 2.28. The fraction of sp³-hybridized carbons (Fsp3) is 0.450. The molecule has 30 heavy (non-hydrogen) atoms. The Morgan fingerprint density at radius 2 is 2.20 bits per heavy atom. The summed E-state index contributed by atoms with van der Waals surface area (Å²) in [6.07, 6.45) is 2.99. The first-order chi connectivity index (χ1) is 14.6. The number of nitrogens with one attached hydrogen (secondary N) is 1. The van der Waals surface area contributed by atoms with Crippen molar-refractivity contribution in [3.05, 3.63) is 34.8 Å². The van der Waals surface area contributed by atoms with E-state index in [0.717, 1.165) is 24.3 Å². The molecular weight excluding hydrogens is 407 g/mol. The molecule has 1 N–H and O–H groups in total. The molecule has 1 saturated heterocycles. The van der Waals surface area contributed by atoms with Gasteiger partial charge in [0.1, 0.15) is 10.8 Å². The summed E-state index contributed by atoms with van der Waals surface area (Å²) >= 11 is 1.38. The van der Waals surface area contributed by atoms with E-state index in [1.807, 2.05) is 18.7 Å². The molecule has 1 atom stereocenters. The van der Waals surface area contributed by atoms with E-state index in [9.17, 15) is 9.18 Å². The number of benzene rings is 1. The summed E-state index contributed by atoms with van der Waals surface area (Å²) in [6.45, 7) is 5.06. The number of nitrogens with zero attached hydrogens (tertiary/aromatic N) is 5. The Labute approximate surface area is 177 Å². The molecule has 0 spiro atoms. The molecule has 3 heterocycles. The molecule has 3 aromatic rings. The first kappa shape index (κ1) is 20.4. The Balaban J connectivity index is 1.45. The third-order valence-electron chi connectivity index (χ3n) is 5.11. The molecule has 1 unspecified atom stereocenters. The second-order valence-corrected chi connectivity index (χ2v) is 8.23. The summed E-state index contributed by atoms with van der Waals surface area (Å²) in [7, 11) is 0. The quantitative estimate of drug-likeness (QED) is 0.637. The Kier molecular flexibility index (Phi) is 6.03. The van der Waals surface area contributed by atoms with Crippen LogP contribution in [0.4, 0.5) is 15.2 Å². The van der Waals surface area contributed by atoms with Crippen molar-refractivity contribution in [1.29, 1.82) is 0 Å². The predicted molar refractivity (Wildman–Crippen MR) is 112 cm³/mol. The summed E-state index contributed by atoms with van der Waals surface area (Å²) in [5.74, 6) is 0.169. The van der Waals surface area contributed by atoms with Gasteiger partial charge < -0.3 is 14.7 Å². The average molecular weight is 431 g/mol. The van der Waals surface area contributed by atoms with Gasteiger partial charge in [-0.15, -0.1) is 10.2 Å². The summed E-state index contributed by atoms with van der Waals surface area (Å²) < 4.78 is 20.1. The molecule has 0 radical (unpaired) electrons. The lowest BCUT2D eigenvalue weighted by molar-refractivity contribution is -0.120. The molecule has 0 aliphatic carbocycles. The SMILES string of the molecule is CCc1noc(-c2ccc(N3CCCC(C(=O)Nc4nnc(CC)s4)C3)c(F)c2)n1. The number of hydrogen-bond donors (Lipinski definition) is 1. The smallest absolute Gasteiger partial charge is 0.258 e. The highest BCUT2D eigenvalue weighted by molar-refractivity contribution is 7.15. The van der Waals surface area contributed by atoms with Gasteiger partial charge in [-0.1, -0.05) is 30.3 Å². The lowest BCUT2D eigenvalue weighted by atomic mass is 9.96. The maximum atomic E-state index is 14.9. The van der Waals surface area contributed by atoms with Gasteiger partial charge in [-0.3, -0.25) is 4.79 Å². The van der Waals surface area contributed by atoms with E-state index in [0.29, 0.717) is 47.6 Å². The molecule has 1 aliphatic rings. The van der Waals surface area contributed by atoms with E-state index in [4.69, 9.17) is 4.52 Å². The van der Waals surface area contributed by atoms with Crippen molar-refractivity contribution in [2.75, 3.05) is 23.3 Å². The second kappa shape index (κ2) is 8.86. The van der Waals surface area contributed by atoms with E-state index in [2.05, 4.69) is 25.7 Å². The predicted octanol–water partition coefficient (Wildman–Crippen LogP) is 3.71. The summed E-state index contributed by atoms with van der Waals surface area (Å²) in [6, 6.07) is 4.88. The van der Waals surface area contributed by atoms with Crippen LogP contribution in [0, 0.1) is 11.7 Å². The molecule has 8 nitrogen and oxygen atoms in total. The maximum absolute atomic E-state index is 14.9. The van der Waals surface area contributed by atoms with E-state index in [-0.39, 0.29) is 17.6 Å². The number of halogens is 1. The van der Waals surface area contributed by atoms with Crippen molar-refractivity contribution in [3.8, 4) is 11.5 Å². The van der Waals surface area contributed by atoms with Gasteiger partial charge in [0.05, 0.1) is 11.6 Å². The van der Waals surface area contributed by atoms with Crippen LogP contribution in [0.5, 0.6) is 0 Å². The largest absolute Gasteiger partial charge is 0.368 e. The minimum Gasteiger partial charge on any atom is -0.368 e. The zero-order valence-corrected chi connectivity index (χ0v) is 17.7. The summed E-state index contributed by atoms with van der Waals surface area (Å²) in [4.78, 5) is 18.8. The monoisotopic (exact) mass is 430 g/mol. The molecule has 1 fully saturated rings. The van der Waals surface area contributed by atoms with Gasteiger partial charge in [0.15, 0.2) is 5.82 Å². The van der Waals surface area contributed by atoms with Gasteiger partial charge in [-0.25, -0.2) is 4.39 Å². The average Bonchev–Trinajstić information content (AvgIpc) is 3.43. The second-order valence-electron chi connectivity index (χ2n) is 7.16. The zero-order valence-electron chi connectivity index (χ0n) is 16.9. The molecule has 4 rings (SSSR count). The molecule has 1 amide bonds. The number of piperidine rings is 1. The van der Waals surface area contributed by atoms with Gasteiger partial charge in [0.25, 0.3) is 5.89 Å². The van der Waals surface area contributed by atoms with Crippen molar-refractivity contribution < 1.29 is 13.7 Å². The van der Waals surface area contributed by atoms with Gasteiger partial charge in [0, 0.05) is 25.1 Å². The third-order valence-corrected chi connectivity index (χ3v) is 6.09. The van der Waals surface area contributed by atoms with Crippen molar-refractivity contribution in [2.24, 2.45) is 5.92 Å². The molecule has 10 heteroatoms. The number of hydrogen-bond acceptors (Lipinski definition) is 8. The molecule has 0 saturated carbocycles. The Hall–Kier alpha value is -2.88. The fourth-order valence-corrected chi connectivity index (χ4v) is 4.16. The lowest BCUT2D eigenvalue weighted by Gasteiger charge is -2.33. The molecule has 0 bridgehead atoms. The van der Waals surface area contributed by atoms with Crippen LogP contribution in [0.15, 0.2) is 22.7 Å². The Morgan fingerprint density at radius 1 is 1.33 bits per heavy atom. The van der Waals surface area contributed by atoms with E-state index in [1.165, 1.54) is 17.4 Å². The van der Waals surface area contributed by atoms with Crippen molar-refractivity contribution >= 4 is 28.1 Å². The number of anilines is 2. The van der Waals surface area contributed by atoms with Gasteiger partial charge >= 0.3 is 0 Å². The molecule has 1 aromatic carbocycles. The van der Waals surface area contributed by atoms with Crippen molar-refractivity contribution in [1.82, 2.24) is 20.3 Å². The minimum atomic E-state index is -0.374. The van der Waals surface area contributed by atoms with E-state index < -0.39 is 0 Å². The van der Waals surface area contributed by atoms with Crippen LogP contribution < -0.4 is 10.2 Å². The lowest BCUT2D eigenvalue weighted by Crippen LogP contribution is -2.41. The van der Waals surface area contributed by atoms with Gasteiger partial charge in [-0.05, 0) is 37.5 Å². The molecule has 158 valence electrons. The van der Waals surface area contributed by atoms with Crippen LogP contribution in [-0.4, -0.2) is 39.3 Å². The van der Waals surface area contributed by atoms with Crippen LogP contribution in [-0.2, 0) is 17.6 Å². The first-order valence-corrected chi connectivity index (χ1v) is 10.9. The number of carbonyl (C=O) groups is 1. The zero-order chi connectivity index (χ0) is 21.1. The number of rotatable bonds is 6. The number of carbonyl (C=O) groups excluding carboxylic acids is 1. The van der Waals surface area contributed by atoms with E-state index in [1.54, 1.807) is 12.1 Å². The third kappa shape index (κ3) is 4.33. The van der Waals surface area contributed by atoms with Crippen molar-refractivity contribution in [3.63, 3.8) is 0 Å². The Bertz CT molecular complexity index is 1040. The van der Waals surface area contributed by atoms with Crippen LogP contribution in [0.2, 0.25) is 0 Å². The van der Waals surface area contributed by atoms with Crippen molar-refractivity contribution in [2.45, 2.75) is 39.5 Å². The topological polar surface area (TPSA) is 97.0 Å². The van der Waals surface area contributed by atoms with Crippen LogP contribution in [0.1, 0.15) is 37.5 Å². The van der Waals surface area contributed by atoms with Crippen LogP contribution in [0.25, 0.3) is 11.5 Å². The van der Waals surface area contributed by atoms with Crippen LogP contribution >= 0.6 is 11.3 Å². The summed E-state index contributed by atoms with van der Waals surface area (Å²) in [5, 5.41) is 16.1. The number of amides is 1. The number of aryl methyl sites for hydroxylation is 2. The highest BCUT2D eigenvalue weighted by atomic mass is 32.1. The first-order valence-electron chi connectivity index (χ1n) is 10.1. The molecule has 1 aliphatic heterocycles. The normalized spacial score (nSPS) is 16.6. The summed E-state index contributed by atoms with van der Waals surface area (Å²) in [5.41, 5.74) is 1.01. The van der Waals surface area contributed by atoms with Crippen LogP contribution in [0.3, 0.4) is 0 Å². The fourth-order valence-electron chi connectivity index (χ4n) is 3.48. The molecule has 2 aromatic heterocycles. The standard InChI is InChI=1S/C20H23FN6O2S/c1-3-16-22-19(29-26-16)12-7-8-15(14(21)10-12)27-9-5-6-13(11-27)18(28)23-20-25-24-17(4-2)30-20/h7-8,10,13H,3-6,9,11H2,1-2H3,(H,23,25,28). The maximum Gasteiger partial charge on any atom is 0.258 e. The van der Waals surface area contributed by atoms with E-state index >= 15 is 0 Å². The van der Waals surface area contributed by atoms with Gasteiger partial charge in [0.2, 0.25) is 11.0 Å². The Morgan fingerprint density at radius 3 is 2.90 bits per heavy atom. The molecular formula is C20H23FN6O2S. The minimum absolute atomic E-state index is 0.103. The van der Waals surface area contributed by atoms with Gasteiger partial charge in [-0.2, -0.15) is 4.98 Å². The number of aromatic nitrogens is 4.